The average Bonchev–Trinajstić information content (AvgIpc) is 0.893. The van der Waals surface area contributed by atoms with Crippen molar-refractivity contribution in [2.45, 2.75) is 725 Å². The maximum absolute atomic E-state index is 6.01. The lowest BCUT2D eigenvalue weighted by Crippen LogP contribution is -2.28. The Morgan fingerprint density at radius 1 is 0.128 bits per heavy atom. The van der Waals surface area contributed by atoms with Crippen molar-refractivity contribution < 1.29 is 18.9 Å². The average molecular weight is 2070 g/mol. The van der Waals surface area contributed by atoms with Gasteiger partial charge >= 0.3 is 0 Å². The summed E-state index contributed by atoms with van der Waals surface area (Å²) in [5.74, 6) is 30.2. The molecule has 4 heteroatoms. The lowest BCUT2D eigenvalue weighted by atomic mass is 9.68. The Morgan fingerprint density at radius 2 is 0.291 bits per heavy atom. The van der Waals surface area contributed by atoms with Crippen LogP contribution in [0.3, 0.4) is 0 Å². The van der Waals surface area contributed by atoms with E-state index in [2.05, 4.69) is 104 Å². The van der Waals surface area contributed by atoms with Crippen LogP contribution in [-0.4, -0.2) is 51.3 Å². The van der Waals surface area contributed by atoms with Gasteiger partial charge in [-0.3, -0.25) is 0 Å². The lowest BCUT2D eigenvalue weighted by molar-refractivity contribution is 0.00578. The highest BCUT2D eigenvalue weighted by atomic mass is 16.5. The van der Waals surface area contributed by atoms with Gasteiger partial charge in [-0.15, -0.1) is 0 Å². The van der Waals surface area contributed by atoms with Crippen molar-refractivity contribution in [3.63, 3.8) is 0 Å². The highest BCUT2D eigenvalue weighted by Gasteiger charge is 2.40. The van der Waals surface area contributed by atoms with Crippen molar-refractivity contribution in [2.75, 3.05) is 26.9 Å². The summed E-state index contributed by atoms with van der Waals surface area (Å²) in [5, 5.41) is 0. The van der Waals surface area contributed by atoms with Gasteiger partial charge in [0.2, 0.25) is 0 Å². The maximum Gasteiger partial charge on any atom is 0.0575 e. The van der Waals surface area contributed by atoms with Gasteiger partial charge < -0.3 is 18.9 Å². The van der Waals surface area contributed by atoms with E-state index in [1.165, 1.54) is 405 Å². The summed E-state index contributed by atoms with van der Waals surface area (Å²) >= 11 is 0. The van der Waals surface area contributed by atoms with Crippen LogP contribution in [0.25, 0.3) is 0 Å². The molecule has 16 aliphatic rings. The van der Waals surface area contributed by atoms with Gasteiger partial charge in [0.15, 0.2) is 0 Å². The number of hydrogen-bond acceptors (Lipinski definition) is 4. The number of rotatable bonds is 44. The Labute approximate surface area is 930 Å². The van der Waals surface area contributed by atoms with E-state index in [9.17, 15) is 0 Å². The van der Waals surface area contributed by atoms with Crippen molar-refractivity contribution in [2.24, 2.45) is 166 Å². The van der Waals surface area contributed by atoms with Crippen molar-refractivity contribution in [3.8, 4) is 0 Å². The van der Waals surface area contributed by atoms with Gasteiger partial charge in [0.25, 0.3) is 0 Å². The Hall–Kier alpha value is -0.160. The van der Waals surface area contributed by atoms with Crippen molar-refractivity contribution in [3.05, 3.63) is 0 Å². The quantitative estimate of drug-likeness (QED) is 0.0570. The minimum Gasteiger partial charge on any atom is -0.381 e. The van der Waals surface area contributed by atoms with E-state index < -0.39 is 0 Å². The third-order valence-electron chi connectivity index (χ3n) is 46.1. The summed E-state index contributed by atoms with van der Waals surface area (Å²) in [4.78, 5) is 0. The van der Waals surface area contributed by atoms with Crippen LogP contribution in [0, 0.1) is 166 Å². The SMILES string of the molecule is CCCC1CCC(C2CCC(CC)CC2)CC1.CCCC1CCC(C2CCC(CCC)CC2)CC1.CCCC1CCC(C2CCC(OC)CC2)CC1.CCCC1CCC(C2CCC(OCC)CC2)CC1.CCCCC1CCC(C2CCC(CCC)CC2)CC1.CCCCCC1CCC(C2CCC(CCC)CC2)CC1.CCCCOC1CCC(C2CCC(CCC)CC2)CC1.CCCOC1CCC(C2CCC(CCC)CC2)CC1. The van der Waals surface area contributed by atoms with Crippen molar-refractivity contribution >= 4 is 0 Å². The zero-order valence-corrected chi connectivity index (χ0v) is 104. The minimum absolute atomic E-state index is 0.572. The molecule has 16 fully saturated rings. The Morgan fingerprint density at radius 3 is 0.459 bits per heavy atom. The van der Waals surface area contributed by atoms with Crippen LogP contribution in [-0.2, 0) is 18.9 Å². The first-order valence-electron chi connectivity index (χ1n) is 71.0. The Kier molecular flexibility index (Phi) is 72.2. The summed E-state index contributed by atoms with van der Waals surface area (Å²) in [6, 6.07) is 0. The molecule has 148 heavy (non-hydrogen) atoms. The second-order valence-corrected chi connectivity index (χ2v) is 56.4. The standard InChI is InChI=1S/C20H38.C19H36O.C19H36.C18H34O.C18H34.C17H32O.C17H32.C16H30O/c1-3-5-6-8-18-11-15-20(16-12-18)19-13-9-17(7-4-2)10-14-19;1-3-5-15-20-19-13-11-18(12-14-19)17-9-7-16(6-4-2)8-10-17;1-3-5-7-17-10-14-19(15-11-17)18-12-8-16(6-4-2)9-13-18;1-3-5-15-6-8-16(9-7-15)17-10-12-18(13-11-17)19-14-4-2;1-3-5-15-7-11-17(12-8-15)18-13-9-16(6-4-2)10-14-18;1-3-5-14-6-8-15(9-7-14)16-10-12-17(13-11-16)18-4-2;1-3-5-15-8-12-17(13-9-15)16-10-6-14(4-2)7-11-16;1-3-4-13-5-7-14(8-6-13)15-9-11-16(17-2)12-10-15/h17-20H,3-16H2,1-2H3;16-19H,3-15H2,1-2H3;16-19H,3-15H2,1-2H3;15-18H,3-14H2,1-2H3;15-18H,3-14H2,1-2H3;14-17H,3-13H2,1-2H3;14-17H,3-13H2,1-2H3;13-16H,3-12H2,1-2H3. The molecule has 0 unspecified atom stereocenters. The second kappa shape index (κ2) is 81.4. The number of unbranched alkanes of at least 4 members (excludes halogenated alkanes) is 4. The highest BCUT2D eigenvalue weighted by molar-refractivity contribution is 4.92. The molecule has 0 heterocycles. The van der Waals surface area contributed by atoms with Crippen LogP contribution in [0.5, 0.6) is 0 Å². The van der Waals surface area contributed by atoms with E-state index in [-0.39, 0.29) is 0 Å². The van der Waals surface area contributed by atoms with Crippen LogP contribution in [0.15, 0.2) is 0 Å². The summed E-state index contributed by atoms with van der Waals surface area (Å²) in [7, 11) is 1.88. The van der Waals surface area contributed by atoms with Crippen molar-refractivity contribution in [1.82, 2.24) is 0 Å². The zero-order chi connectivity index (χ0) is 105. The predicted octanol–water partition coefficient (Wildman–Crippen LogP) is 47.1. The second-order valence-electron chi connectivity index (χ2n) is 56.4. The minimum atomic E-state index is 0.572. The third-order valence-corrected chi connectivity index (χ3v) is 46.1. The van der Waals surface area contributed by atoms with E-state index in [0.717, 1.165) is 186 Å². The van der Waals surface area contributed by atoms with E-state index in [1.54, 1.807) is 193 Å². The maximum atomic E-state index is 6.01. The Balaban J connectivity index is 0.000000188. The molecule has 0 amide bonds. The normalized spacial score (nSPS) is 37.0. The number of ether oxygens (including phenoxy) is 4. The topological polar surface area (TPSA) is 36.9 Å². The lowest BCUT2D eigenvalue weighted by Gasteiger charge is -2.38. The molecule has 16 aliphatic carbocycles. The van der Waals surface area contributed by atoms with Gasteiger partial charge in [-0.2, -0.15) is 0 Å². The molecule has 4 nitrogen and oxygen atoms in total. The molecule has 16 saturated carbocycles. The van der Waals surface area contributed by atoms with Crippen LogP contribution >= 0.6 is 0 Å². The van der Waals surface area contributed by atoms with Gasteiger partial charge in [-0.25, -0.2) is 0 Å². The summed E-state index contributed by atoms with van der Waals surface area (Å²) in [6.07, 6.45) is 140. The van der Waals surface area contributed by atoms with Crippen LogP contribution in [0.2, 0.25) is 0 Å². The van der Waals surface area contributed by atoms with Crippen LogP contribution in [0.1, 0.15) is 701 Å². The monoisotopic (exact) mass is 2070 g/mol. The molecule has 0 N–H and O–H groups in total. The third kappa shape index (κ3) is 51.5. The summed E-state index contributed by atoms with van der Waals surface area (Å²) < 4.78 is 23.2. The molecule has 0 atom stereocenters. The van der Waals surface area contributed by atoms with Gasteiger partial charge in [0.1, 0.15) is 0 Å². The van der Waals surface area contributed by atoms with E-state index in [4.69, 9.17) is 18.9 Å². The molecule has 0 bridgehead atoms. The molecule has 0 saturated heterocycles. The molecule has 16 rings (SSSR count). The molecule has 0 aromatic heterocycles. The molecular weight excluding hydrogens is 1790 g/mol. The molecule has 0 aliphatic heterocycles. The number of methoxy groups -OCH3 is 1. The number of hydrogen-bond donors (Lipinski definition) is 0. The van der Waals surface area contributed by atoms with Gasteiger partial charge in [0.05, 0.1) is 24.4 Å². The molecule has 0 radical (unpaired) electrons. The molecule has 0 spiro atoms. The fraction of sp³-hybridized carbons (Fsp3) is 1.00. The Bertz CT molecular complexity index is 2640. The molecule has 0 aromatic rings. The molecular formula is C144H272O4. The van der Waals surface area contributed by atoms with Gasteiger partial charge in [0, 0.05) is 26.9 Å². The smallest absolute Gasteiger partial charge is 0.0575 e. The largest absolute Gasteiger partial charge is 0.381 e. The van der Waals surface area contributed by atoms with E-state index in [1.807, 2.05) is 7.11 Å². The summed E-state index contributed by atoms with van der Waals surface area (Å²) in [5.41, 5.74) is 0. The first-order chi connectivity index (χ1) is 72.6. The van der Waals surface area contributed by atoms with E-state index >= 15 is 0 Å². The van der Waals surface area contributed by atoms with Gasteiger partial charge in [-0.1, -0.05) is 424 Å². The van der Waals surface area contributed by atoms with Gasteiger partial charge in [-0.05, 0) is 442 Å². The predicted molar refractivity (Wildman–Crippen MR) is 652 cm³/mol. The zero-order valence-electron chi connectivity index (χ0n) is 104. The van der Waals surface area contributed by atoms with Crippen molar-refractivity contribution in [1.29, 1.82) is 0 Å². The first-order valence-corrected chi connectivity index (χ1v) is 71.0. The first kappa shape index (κ1) is 131. The molecule has 872 valence electrons. The fourth-order valence-corrected chi connectivity index (χ4v) is 36.2. The van der Waals surface area contributed by atoms with Crippen LogP contribution < -0.4 is 0 Å². The molecule has 0 aromatic carbocycles. The highest BCUT2D eigenvalue weighted by Crippen LogP contribution is 2.52. The fourth-order valence-electron chi connectivity index (χ4n) is 36.2. The van der Waals surface area contributed by atoms with E-state index in [0.29, 0.717) is 24.4 Å². The summed E-state index contributed by atoms with van der Waals surface area (Å²) in [6.45, 7) is 37.6. The van der Waals surface area contributed by atoms with Crippen LogP contribution in [0.4, 0.5) is 0 Å².